The summed E-state index contributed by atoms with van der Waals surface area (Å²) in [5.74, 6) is 0.956. The van der Waals surface area contributed by atoms with E-state index in [4.69, 9.17) is 4.74 Å². The van der Waals surface area contributed by atoms with Gasteiger partial charge in [-0.25, -0.2) is 0 Å². The van der Waals surface area contributed by atoms with Gasteiger partial charge in [0.2, 0.25) is 0 Å². The summed E-state index contributed by atoms with van der Waals surface area (Å²) in [6, 6.07) is 8.36. The summed E-state index contributed by atoms with van der Waals surface area (Å²) in [5.41, 5.74) is 0. The maximum Gasteiger partial charge on any atom is 0.119 e. The van der Waals surface area contributed by atoms with Gasteiger partial charge in [0.05, 0.1) is 7.11 Å². The van der Waals surface area contributed by atoms with E-state index in [-0.39, 0.29) is 0 Å². The van der Waals surface area contributed by atoms with Crippen LogP contribution in [-0.4, -0.2) is 37.4 Å². The van der Waals surface area contributed by atoms with E-state index in [0.717, 1.165) is 11.0 Å². The van der Waals surface area contributed by atoms with E-state index in [1.165, 1.54) is 30.8 Å². The molecule has 1 aromatic rings. The molecule has 1 aliphatic rings. The Hall–Kier alpha value is -0.670. The first-order chi connectivity index (χ1) is 8.78. The average Bonchev–Trinajstić information content (AvgIpc) is 2.44. The molecular weight excluding hydrogens is 242 g/mol. The molecule has 18 heavy (non-hydrogen) atoms. The van der Waals surface area contributed by atoms with Crippen molar-refractivity contribution in [3.63, 3.8) is 0 Å². The monoisotopic (exact) mass is 267 g/mol. The van der Waals surface area contributed by atoms with Gasteiger partial charge >= 0.3 is 0 Å². The molecule has 0 aliphatic carbocycles. The van der Waals surface area contributed by atoms with Crippen LogP contribution in [0.5, 0.6) is 5.75 Å². The average molecular weight is 267 g/mol. The number of benzene rings is 1. The highest BCUT2D eigenvalue weighted by molar-refractivity contribution is 8.00. The maximum absolute atomic E-state index is 5.24. The molecule has 0 unspecified atom stereocenters. The molecule has 1 fully saturated rings. The number of hydrogen-bond acceptors (Lipinski definition) is 3. The van der Waals surface area contributed by atoms with E-state index in [2.05, 4.69) is 30.1 Å². The van der Waals surface area contributed by atoms with Crippen LogP contribution in [-0.2, 0) is 0 Å². The fourth-order valence-electron chi connectivity index (χ4n) is 1.97. The second kappa shape index (κ2) is 8.44. The first kappa shape index (κ1) is 15.4. The zero-order valence-electron chi connectivity index (χ0n) is 12.0. The SMILES string of the molecule is CC.COc1cccc(SC2CCN(C)CC2)c1. The fourth-order valence-corrected chi connectivity index (χ4v) is 3.14. The Balaban J connectivity index is 0.000000771. The third-order valence-corrected chi connectivity index (χ3v) is 4.34. The lowest BCUT2D eigenvalue weighted by atomic mass is 10.1. The number of piperidine rings is 1. The highest BCUT2D eigenvalue weighted by Crippen LogP contribution is 2.31. The molecule has 2 nitrogen and oxygen atoms in total. The van der Waals surface area contributed by atoms with Crippen LogP contribution in [0.1, 0.15) is 26.7 Å². The molecule has 0 bridgehead atoms. The van der Waals surface area contributed by atoms with Gasteiger partial charge in [-0.15, -0.1) is 11.8 Å². The number of likely N-dealkylation sites (tertiary alicyclic amines) is 1. The normalized spacial score (nSPS) is 16.9. The Morgan fingerprint density at radius 2 is 1.89 bits per heavy atom. The van der Waals surface area contributed by atoms with Crippen molar-refractivity contribution in [1.82, 2.24) is 4.90 Å². The lowest BCUT2D eigenvalue weighted by Crippen LogP contribution is -2.31. The number of ether oxygens (including phenoxy) is 1. The highest BCUT2D eigenvalue weighted by Gasteiger charge is 2.17. The van der Waals surface area contributed by atoms with Gasteiger partial charge in [0, 0.05) is 10.1 Å². The number of thioether (sulfide) groups is 1. The van der Waals surface area contributed by atoms with Gasteiger partial charge in [-0.3, -0.25) is 0 Å². The lowest BCUT2D eigenvalue weighted by Gasteiger charge is -2.28. The smallest absolute Gasteiger partial charge is 0.119 e. The van der Waals surface area contributed by atoms with Gasteiger partial charge in [0.25, 0.3) is 0 Å². The molecular formula is C15H25NOS. The van der Waals surface area contributed by atoms with Crippen LogP contribution in [0.3, 0.4) is 0 Å². The molecule has 0 spiro atoms. The maximum atomic E-state index is 5.24. The van der Waals surface area contributed by atoms with Gasteiger partial charge in [-0.1, -0.05) is 19.9 Å². The highest BCUT2D eigenvalue weighted by atomic mass is 32.2. The molecule has 1 aliphatic heterocycles. The predicted octanol–water partition coefficient (Wildman–Crippen LogP) is 3.91. The predicted molar refractivity (Wildman–Crippen MR) is 80.7 cm³/mol. The molecule has 0 N–H and O–H groups in total. The van der Waals surface area contributed by atoms with Gasteiger partial charge in [0.15, 0.2) is 0 Å². The first-order valence-corrected chi connectivity index (χ1v) is 7.65. The second-order valence-corrected chi connectivity index (χ2v) is 5.67. The molecule has 3 heteroatoms. The van der Waals surface area contributed by atoms with Gasteiger partial charge in [-0.2, -0.15) is 0 Å². The van der Waals surface area contributed by atoms with Crippen molar-refractivity contribution < 1.29 is 4.74 Å². The van der Waals surface area contributed by atoms with E-state index in [0.29, 0.717) is 0 Å². The standard InChI is InChI=1S/C13H19NOS.C2H6/c1-14-8-6-12(7-9-14)16-13-5-3-4-11(10-13)15-2;1-2/h3-5,10,12H,6-9H2,1-2H3;1-2H3. The van der Waals surface area contributed by atoms with Crippen LogP contribution in [0.15, 0.2) is 29.2 Å². The van der Waals surface area contributed by atoms with E-state index >= 15 is 0 Å². The summed E-state index contributed by atoms with van der Waals surface area (Å²) in [4.78, 5) is 3.73. The van der Waals surface area contributed by atoms with Crippen LogP contribution in [0.2, 0.25) is 0 Å². The zero-order chi connectivity index (χ0) is 13.4. The Morgan fingerprint density at radius 1 is 1.22 bits per heavy atom. The summed E-state index contributed by atoms with van der Waals surface area (Å²) in [6.07, 6.45) is 2.58. The minimum Gasteiger partial charge on any atom is -0.497 e. The van der Waals surface area contributed by atoms with Gasteiger partial charge in [0.1, 0.15) is 5.75 Å². The zero-order valence-corrected chi connectivity index (χ0v) is 12.8. The van der Waals surface area contributed by atoms with E-state index in [1.807, 2.05) is 31.7 Å². The van der Waals surface area contributed by atoms with Crippen molar-refractivity contribution in [2.75, 3.05) is 27.2 Å². The molecule has 0 atom stereocenters. The molecule has 0 radical (unpaired) electrons. The van der Waals surface area contributed by atoms with E-state index in [1.54, 1.807) is 7.11 Å². The molecule has 102 valence electrons. The molecule has 1 aromatic carbocycles. The van der Waals surface area contributed by atoms with Crippen molar-refractivity contribution in [3.05, 3.63) is 24.3 Å². The minimum absolute atomic E-state index is 0.767. The van der Waals surface area contributed by atoms with Crippen molar-refractivity contribution in [1.29, 1.82) is 0 Å². The van der Waals surface area contributed by atoms with Crippen LogP contribution < -0.4 is 4.74 Å². The van der Waals surface area contributed by atoms with Crippen LogP contribution in [0.4, 0.5) is 0 Å². The summed E-state index contributed by atoms with van der Waals surface area (Å²) < 4.78 is 5.24. The van der Waals surface area contributed by atoms with E-state index in [9.17, 15) is 0 Å². The molecule has 1 saturated heterocycles. The Morgan fingerprint density at radius 3 is 2.50 bits per heavy atom. The summed E-state index contributed by atoms with van der Waals surface area (Å²) in [7, 11) is 3.92. The molecule has 0 saturated carbocycles. The van der Waals surface area contributed by atoms with Crippen molar-refractivity contribution in [3.8, 4) is 5.75 Å². The third-order valence-electron chi connectivity index (χ3n) is 3.01. The van der Waals surface area contributed by atoms with Crippen molar-refractivity contribution >= 4 is 11.8 Å². The molecule has 1 heterocycles. The van der Waals surface area contributed by atoms with Crippen molar-refractivity contribution in [2.24, 2.45) is 0 Å². The second-order valence-electron chi connectivity index (χ2n) is 4.30. The van der Waals surface area contributed by atoms with Crippen LogP contribution in [0, 0.1) is 0 Å². The number of methoxy groups -OCH3 is 1. The third kappa shape index (κ3) is 4.91. The molecule has 2 rings (SSSR count). The Labute approximate surface area is 116 Å². The Bertz CT molecular complexity index is 335. The first-order valence-electron chi connectivity index (χ1n) is 6.77. The van der Waals surface area contributed by atoms with Crippen LogP contribution >= 0.6 is 11.8 Å². The van der Waals surface area contributed by atoms with E-state index < -0.39 is 0 Å². The summed E-state index contributed by atoms with van der Waals surface area (Å²) in [5, 5.41) is 0.767. The topological polar surface area (TPSA) is 12.5 Å². The molecule has 0 amide bonds. The number of rotatable bonds is 3. The lowest BCUT2D eigenvalue weighted by molar-refractivity contribution is 0.282. The summed E-state index contributed by atoms with van der Waals surface area (Å²) in [6.45, 7) is 6.45. The number of nitrogens with zero attached hydrogens (tertiary/aromatic N) is 1. The summed E-state index contributed by atoms with van der Waals surface area (Å²) >= 11 is 1.99. The fraction of sp³-hybridized carbons (Fsp3) is 0.600. The number of hydrogen-bond donors (Lipinski definition) is 0. The van der Waals surface area contributed by atoms with Crippen LogP contribution in [0.25, 0.3) is 0 Å². The largest absolute Gasteiger partial charge is 0.497 e. The Kier molecular flexibility index (Phi) is 7.21. The van der Waals surface area contributed by atoms with Gasteiger partial charge in [-0.05, 0) is 51.2 Å². The van der Waals surface area contributed by atoms with Gasteiger partial charge < -0.3 is 9.64 Å². The minimum atomic E-state index is 0.767. The molecule has 0 aromatic heterocycles. The quantitative estimate of drug-likeness (QED) is 0.824. The van der Waals surface area contributed by atoms with Crippen molar-refractivity contribution in [2.45, 2.75) is 36.8 Å².